The van der Waals surface area contributed by atoms with Crippen LogP contribution in [0, 0.1) is 0 Å². The smallest absolute Gasteiger partial charge is 0.276 e. The van der Waals surface area contributed by atoms with Crippen molar-refractivity contribution in [1.82, 2.24) is 15.2 Å². The lowest BCUT2D eigenvalue weighted by Crippen LogP contribution is -2.71. The van der Waals surface area contributed by atoms with E-state index in [0.29, 0.717) is 12.3 Å². The number of β-lactam (4-membered cyclic amide) rings is 1. The lowest BCUT2D eigenvalue weighted by atomic mass is 10.0. The van der Waals surface area contributed by atoms with Crippen molar-refractivity contribution in [3.8, 4) is 0 Å². The molecule has 2 atom stereocenters. The van der Waals surface area contributed by atoms with E-state index in [9.17, 15) is 19.5 Å². The molecule has 4 heterocycles. The van der Waals surface area contributed by atoms with Crippen LogP contribution < -0.4 is 16.2 Å². The maximum absolute atomic E-state index is 13.0. The highest BCUT2D eigenvalue weighted by Crippen LogP contribution is 2.41. The number of carbonyl (C=O) groups is 3. The number of carboxylic acids is 1. The van der Waals surface area contributed by atoms with E-state index >= 15 is 0 Å². The van der Waals surface area contributed by atoms with Gasteiger partial charge in [0.1, 0.15) is 30.8 Å². The Morgan fingerprint density at radius 1 is 1.42 bits per heavy atom. The van der Waals surface area contributed by atoms with Gasteiger partial charge in [0.15, 0.2) is 10.8 Å². The zero-order valence-corrected chi connectivity index (χ0v) is 20.0. The molecule has 0 bridgehead atoms. The number of quaternary nitrogens is 1. The van der Waals surface area contributed by atoms with Gasteiger partial charge in [0.05, 0.1) is 31.3 Å². The lowest BCUT2D eigenvalue weighted by molar-refractivity contribution is -0.910. The summed E-state index contributed by atoms with van der Waals surface area (Å²) >= 11 is 2.58. The van der Waals surface area contributed by atoms with Gasteiger partial charge in [-0.05, 0) is 6.92 Å². The van der Waals surface area contributed by atoms with Crippen molar-refractivity contribution in [1.29, 1.82) is 0 Å². The Hall–Kier alpha value is -2.64. The molecule has 3 aliphatic heterocycles. The molecule has 0 aliphatic carbocycles. The molecule has 13 heteroatoms. The molecule has 1 aromatic heterocycles. The van der Waals surface area contributed by atoms with Gasteiger partial charge in [-0.1, -0.05) is 5.16 Å². The van der Waals surface area contributed by atoms with Gasteiger partial charge in [-0.2, -0.15) is 0 Å². The predicted octanol–water partition coefficient (Wildman–Crippen LogP) is -0.890. The van der Waals surface area contributed by atoms with Crippen molar-refractivity contribution >= 4 is 51.7 Å². The number of nitrogen functional groups attached to an aromatic ring is 1. The molecule has 0 radical (unpaired) electrons. The maximum atomic E-state index is 13.0. The quantitative estimate of drug-likeness (QED) is 0.205. The minimum atomic E-state index is -1.36. The first-order valence-corrected chi connectivity index (χ1v) is 12.6. The summed E-state index contributed by atoms with van der Waals surface area (Å²) in [7, 11) is 1.29. The number of fused-ring (bicyclic) bond motifs is 1. The second-order valence-electron chi connectivity index (χ2n) is 8.26. The summed E-state index contributed by atoms with van der Waals surface area (Å²) in [5.74, 6) is -2.04. The molecule has 3 N–H and O–H groups in total. The Labute approximate surface area is 199 Å². The van der Waals surface area contributed by atoms with Crippen molar-refractivity contribution < 1.29 is 28.8 Å². The molecule has 178 valence electrons. The van der Waals surface area contributed by atoms with Crippen LogP contribution >= 0.6 is 23.1 Å². The lowest BCUT2D eigenvalue weighted by Gasteiger charge is -2.51. The van der Waals surface area contributed by atoms with Gasteiger partial charge in [-0.3, -0.25) is 14.5 Å². The fourth-order valence-corrected chi connectivity index (χ4v) is 6.58. The van der Waals surface area contributed by atoms with E-state index in [1.807, 2.05) is 0 Å². The second kappa shape index (κ2) is 9.31. The van der Waals surface area contributed by atoms with Gasteiger partial charge in [0.2, 0.25) is 0 Å². The third-order valence-electron chi connectivity index (χ3n) is 6.40. The third kappa shape index (κ3) is 4.32. The third-order valence-corrected chi connectivity index (χ3v) is 8.41. The number of thiazole rings is 1. The van der Waals surface area contributed by atoms with Gasteiger partial charge < -0.3 is 30.3 Å². The van der Waals surface area contributed by atoms with Crippen LogP contribution in [0.2, 0.25) is 0 Å². The molecule has 11 nitrogen and oxygen atoms in total. The monoisotopic (exact) mass is 494 g/mol. The molecule has 1 unspecified atom stereocenters. The summed E-state index contributed by atoms with van der Waals surface area (Å²) in [6.07, 6.45) is 2.23. The van der Waals surface area contributed by atoms with Crippen LogP contribution in [0.1, 0.15) is 25.5 Å². The molecular formula is C20H26N6O5S2. The minimum Gasteiger partial charge on any atom is -0.543 e. The normalized spacial score (nSPS) is 24.4. The number of aliphatic carboxylic acids is 1. The zero-order valence-electron chi connectivity index (χ0n) is 18.4. The van der Waals surface area contributed by atoms with Crippen LogP contribution in [0.3, 0.4) is 0 Å². The van der Waals surface area contributed by atoms with Crippen LogP contribution in [0.15, 0.2) is 21.8 Å². The van der Waals surface area contributed by atoms with E-state index in [-0.39, 0.29) is 22.2 Å². The number of carboxylic acid groups (broad SMARTS) is 1. The number of amides is 2. The van der Waals surface area contributed by atoms with E-state index in [2.05, 4.69) is 22.4 Å². The van der Waals surface area contributed by atoms with Gasteiger partial charge >= 0.3 is 0 Å². The molecule has 33 heavy (non-hydrogen) atoms. The number of oxime groups is 1. The number of nitrogens with two attached hydrogens (primary N) is 1. The van der Waals surface area contributed by atoms with Crippen molar-refractivity contribution in [2.75, 3.05) is 44.8 Å². The number of hydrogen-bond donors (Lipinski definition) is 2. The summed E-state index contributed by atoms with van der Waals surface area (Å²) in [5.41, 5.74) is 6.43. The highest BCUT2D eigenvalue weighted by molar-refractivity contribution is 8.00. The average molecular weight is 495 g/mol. The molecule has 1 aromatic rings. The van der Waals surface area contributed by atoms with Gasteiger partial charge in [-0.25, -0.2) is 4.98 Å². The van der Waals surface area contributed by atoms with Gasteiger partial charge in [-0.15, -0.1) is 23.1 Å². The first-order chi connectivity index (χ1) is 15.8. The number of carbonyl (C=O) groups excluding carboxylic acids is 3. The summed E-state index contributed by atoms with van der Waals surface area (Å²) < 4.78 is 0.827. The maximum Gasteiger partial charge on any atom is 0.276 e. The fraction of sp³-hybridized carbons (Fsp3) is 0.550. The van der Waals surface area contributed by atoms with E-state index in [1.165, 1.54) is 23.8 Å². The zero-order chi connectivity index (χ0) is 23.8. The SMILES string of the molecule is CC[N+]1(CC2=C(C(=O)[O-])N3C(=O)C(NC(=O)/C(=N\OC)c4csc(N)n4)[C@@H]3SC2)CCCC1. The Kier molecular flexibility index (Phi) is 6.64. The number of anilines is 1. The number of likely N-dealkylation sites (tertiary alicyclic amines) is 1. The predicted molar refractivity (Wildman–Crippen MR) is 122 cm³/mol. The van der Waals surface area contributed by atoms with Gasteiger partial charge in [0.25, 0.3) is 11.8 Å². The highest BCUT2D eigenvalue weighted by Gasteiger charge is 2.54. The van der Waals surface area contributed by atoms with Crippen LogP contribution in [-0.2, 0) is 19.2 Å². The number of thioether (sulfide) groups is 1. The molecule has 2 saturated heterocycles. The molecule has 0 aromatic carbocycles. The van der Waals surface area contributed by atoms with E-state index in [1.54, 1.807) is 5.38 Å². The number of likely N-dealkylation sites (N-methyl/N-ethyl adjacent to an activating group) is 1. The van der Waals surface area contributed by atoms with Crippen LogP contribution in [0.5, 0.6) is 0 Å². The van der Waals surface area contributed by atoms with Gasteiger partial charge in [0, 0.05) is 29.5 Å². The summed E-state index contributed by atoms with van der Waals surface area (Å²) in [4.78, 5) is 47.9. The topological polar surface area (TPSA) is 150 Å². The van der Waals surface area contributed by atoms with Crippen LogP contribution in [0.25, 0.3) is 0 Å². The number of nitrogens with one attached hydrogen (secondary N) is 1. The number of hydrogen-bond acceptors (Lipinski definition) is 10. The van der Waals surface area contributed by atoms with E-state index in [4.69, 9.17) is 10.6 Å². The first kappa shape index (κ1) is 23.5. The standard InChI is InChI=1S/C20H26N6O5S2/c1-3-26(6-4-5-7-26)8-11-9-32-18-14(17(28)25(18)15(11)19(29)30)23-16(27)13(24-31-2)12-10-33-20(21)22-12/h10,14,18H,3-9H2,1-2H3,(H3-,21,22,23,27,29,30)/b24-13-/t14?,18-/m0/s1. The minimum absolute atomic E-state index is 0.0508. The molecular weight excluding hydrogens is 468 g/mol. The molecule has 2 amide bonds. The largest absolute Gasteiger partial charge is 0.543 e. The molecule has 3 aliphatic rings. The Morgan fingerprint density at radius 2 is 2.15 bits per heavy atom. The van der Waals surface area contributed by atoms with Crippen molar-refractivity contribution in [2.45, 2.75) is 31.2 Å². The summed E-state index contributed by atoms with van der Waals surface area (Å²) in [6, 6.07) is -0.891. The van der Waals surface area contributed by atoms with E-state index < -0.39 is 29.2 Å². The first-order valence-electron chi connectivity index (χ1n) is 10.7. The van der Waals surface area contributed by atoms with E-state index in [0.717, 1.165) is 53.9 Å². The Morgan fingerprint density at radius 3 is 2.73 bits per heavy atom. The van der Waals surface area contributed by atoms with Crippen LogP contribution in [0.4, 0.5) is 5.13 Å². The van der Waals surface area contributed by atoms with Crippen LogP contribution in [-0.4, -0.2) is 88.3 Å². The number of nitrogens with zero attached hydrogens (tertiary/aromatic N) is 4. The molecule has 4 rings (SSSR count). The second-order valence-corrected chi connectivity index (χ2v) is 10.3. The molecule has 2 fully saturated rings. The molecule has 0 saturated carbocycles. The summed E-state index contributed by atoms with van der Waals surface area (Å²) in [5, 5.41) is 19.7. The average Bonchev–Trinajstić information content (AvgIpc) is 3.44. The van der Waals surface area contributed by atoms with Crippen molar-refractivity contribution in [3.63, 3.8) is 0 Å². The number of aromatic nitrogens is 1. The Bertz CT molecular complexity index is 1030. The number of rotatable bonds is 8. The Balaban J connectivity index is 1.53. The fourth-order valence-electron chi connectivity index (χ4n) is 4.69. The molecule has 0 spiro atoms. The highest BCUT2D eigenvalue weighted by atomic mass is 32.2. The summed E-state index contributed by atoms with van der Waals surface area (Å²) in [6.45, 7) is 5.62. The van der Waals surface area contributed by atoms with Crippen molar-refractivity contribution in [2.24, 2.45) is 5.16 Å². The van der Waals surface area contributed by atoms with Crippen molar-refractivity contribution in [3.05, 3.63) is 22.3 Å².